The summed E-state index contributed by atoms with van der Waals surface area (Å²) in [5.41, 5.74) is 0. The standard InChI is InChI=1S/C13H24O/c1-9-6-7-12(8-10(9)2)13(14)11-4-3-5-11/h9-14H,3-8H2,1-2H3. The predicted molar refractivity (Wildman–Crippen MR) is 59.0 cm³/mol. The molecule has 2 rings (SSSR count). The average molecular weight is 196 g/mol. The molecule has 1 nitrogen and oxygen atoms in total. The van der Waals surface area contributed by atoms with E-state index in [-0.39, 0.29) is 6.10 Å². The van der Waals surface area contributed by atoms with Crippen molar-refractivity contribution < 1.29 is 5.11 Å². The molecule has 1 N–H and O–H groups in total. The molecule has 0 radical (unpaired) electrons. The lowest BCUT2D eigenvalue weighted by Crippen LogP contribution is -2.37. The zero-order valence-corrected chi connectivity index (χ0v) is 9.58. The minimum Gasteiger partial charge on any atom is -0.393 e. The van der Waals surface area contributed by atoms with Gasteiger partial charge in [-0.1, -0.05) is 26.7 Å². The topological polar surface area (TPSA) is 20.2 Å². The fraction of sp³-hybridized carbons (Fsp3) is 1.00. The zero-order chi connectivity index (χ0) is 10.1. The van der Waals surface area contributed by atoms with E-state index in [1.165, 1.54) is 38.5 Å². The molecule has 0 aliphatic heterocycles. The Morgan fingerprint density at radius 1 is 0.929 bits per heavy atom. The van der Waals surface area contributed by atoms with Crippen molar-refractivity contribution in [3.05, 3.63) is 0 Å². The third kappa shape index (κ3) is 1.98. The van der Waals surface area contributed by atoms with Gasteiger partial charge in [-0.3, -0.25) is 0 Å². The van der Waals surface area contributed by atoms with Gasteiger partial charge >= 0.3 is 0 Å². The molecule has 2 fully saturated rings. The normalized spacial score (nSPS) is 41.8. The summed E-state index contributed by atoms with van der Waals surface area (Å²) >= 11 is 0. The summed E-state index contributed by atoms with van der Waals surface area (Å²) < 4.78 is 0. The van der Waals surface area contributed by atoms with E-state index in [2.05, 4.69) is 13.8 Å². The zero-order valence-electron chi connectivity index (χ0n) is 9.58. The highest BCUT2D eigenvalue weighted by Gasteiger charge is 2.35. The lowest BCUT2D eigenvalue weighted by Gasteiger charge is -2.40. The fourth-order valence-corrected chi connectivity index (χ4v) is 3.07. The van der Waals surface area contributed by atoms with E-state index >= 15 is 0 Å². The second-order valence-corrected chi connectivity index (χ2v) is 5.71. The van der Waals surface area contributed by atoms with Gasteiger partial charge in [-0.2, -0.15) is 0 Å². The van der Waals surface area contributed by atoms with Crippen LogP contribution >= 0.6 is 0 Å². The molecule has 0 heterocycles. The average Bonchev–Trinajstić information content (AvgIpc) is 2.06. The van der Waals surface area contributed by atoms with Crippen LogP contribution in [0.25, 0.3) is 0 Å². The van der Waals surface area contributed by atoms with Crippen molar-refractivity contribution in [1.29, 1.82) is 0 Å². The van der Waals surface area contributed by atoms with Crippen molar-refractivity contribution in [2.45, 2.75) is 58.5 Å². The van der Waals surface area contributed by atoms with E-state index in [9.17, 15) is 5.11 Å². The Morgan fingerprint density at radius 3 is 2.14 bits per heavy atom. The van der Waals surface area contributed by atoms with Crippen LogP contribution in [0.4, 0.5) is 0 Å². The first kappa shape index (κ1) is 10.5. The maximum atomic E-state index is 10.2. The maximum absolute atomic E-state index is 10.2. The van der Waals surface area contributed by atoms with Gasteiger partial charge in [0.1, 0.15) is 0 Å². The number of aliphatic hydroxyl groups excluding tert-OH is 1. The summed E-state index contributed by atoms with van der Waals surface area (Å²) in [6.45, 7) is 4.71. The van der Waals surface area contributed by atoms with Crippen LogP contribution in [0.15, 0.2) is 0 Å². The predicted octanol–water partition coefficient (Wildman–Crippen LogP) is 3.22. The monoisotopic (exact) mass is 196 g/mol. The van der Waals surface area contributed by atoms with Crippen molar-refractivity contribution >= 4 is 0 Å². The first-order valence-electron chi connectivity index (χ1n) is 6.36. The summed E-state index contributed by atoms with van der Waals surface area (Å²) in [5.74, 6) is 2.97. The Bertz CT molecular complexity index is 186. The van der Waals surface area contributed by atoms with Crippen LogP contribution in [0, 0.1) is 23.7 Å². The fourth-order valence-electron chi connectivity index (χ4n) is 3.07. The van der Waals surface area contributed by atoms with Crippen molar-refractivity contribution in [2.75, 3.05) is 0 Å². The number of aliphatic hydroxyl groups is 1. The summed E-state index contributed by atoms with van der Waals surface area (Å²) in [6, 6.07) is 0. The Morgan fingerprint density at radius 2 is 1.64 bits per heavy atom. The van der Waals surface area contributed by atoms with Crippen LogP contribution in [0.1, 0.15) is 52.4 Å². The maximum Gasteiger partial charge on any atom is 0.0596 e. The van der Waals surface area contributed by atoms with Gasteiger partial charge in [0.2, 0.25) is 0 Å². The Hall–Kier alpha value is -0.0400. The lowest BCUT2D eigenvalue weighted by molar-refractivity contribution is -0.0127. The summed E-state index contributed by atoms with van der Waals surface area (Å²) in [7, 11) is 0. The van der Waals surface area contributed by atoms with Crippen molar-refractivity contribution in [2.24, 2.45) is 23.7 Å². The molecule has 1 heteroatoms. The van der Waals surface area contributed by atoms with E-state index in [0.29, 0.717) is 11.8 Å². The lowest BCUT2D eigenvalue weighted by atomic mass is 9.68. The Kier molecular flexibility index (Phi) is 3.16. The molecular formula is C13H24O. The SMILES string of the molecule is CC1CCC(C(O)C2CCC2)CC1C. The molecule has 0 aromatic rings. The van der Waals surface area contributed by atoms with Crippen molar-refractivity contribution in [1.82, 2.24) is 0 Å². The van der Waals surface area contributed by atoms with E-state index in [4.69, 9.17) is 0 Å². The molecule has 2 aliphatic rings. The molecule has 2 aliphatic carbocycles. The first-order chi connectivity index (χ1) is 6.68. The van der Waals surface area contributed by atoms with Crippen LogP contribution in [-0.4, -0.2) is 11.2 Å². The molecule has 4 atom stereocenters. The van der Waals surface area contributed by atoms with E-state index < -0.39 is 0 Å². The highest BCUT2D eigenvalue weighted by atomic mass is 16.3. The van der Waals surface area contributed by atoms with Gasteiger partial charge in [-0.25, -0.2) is 0 Å². The van der Waals surface area contributed by atoms with Gasteiger partial charge in [-0.15, -0.1) is 0 Å². The molecule has 14 heavy (non-hydrogen) atoms. The minimum atomic E-state index is 0.0266. The molecule has 0 amide bonds. The van der Waals surface area contributed by atoms with E-state index in [0.717, 1.165) is 11.8 Å². The van der Waals surface area contributed by atoms with Crippen molar-refractivity contribution in [3.63, 3.8) is 0 Å². The molecule has 4 unspecified atom stereocenters. The molecular weight excluding hydrogens is 172 g/mol. The third-order valence-electron chi connectivity index (χ3n) is 4.75. The molecule has 0 aromatic heterocycles. The molecule has 0 spiro atoms. The summed E-state index contributed by atoms with van der Waals surface area (Å²) in [5, 5.41) is 10.2. The third-order valence-corrected chi connectivity index (χ3v) is 4.75. The highest BCUT2D eigenvalue weighted by molar-refractivity contribution is 4.86. The van der Waals surface area contributed by atoms with Gasteiger partial charge in [0.05, 0.1) is 6.10 Å². The molecule has 2 saturated carbocycles. The van der Waals surface area contributed by atoms with Crippen LogP contribution in [0.2, 0.25) is 0 Å². The van der Waals surface area contributed by atoms with Crippen LogP contribution in [-0.2, 0) is 0 Å². The second kappa shape index (κ2) is 4.22. The van der Waals surface area contributed by atoms with Crippen LogP contribution in [0.5, 0.6) is 0 Å². The van der Waals surface area contributed by atoms with E-state index in [1.807, 2.05) is 0 Å². The van der Waals surface area contributed by atoms with Gasteiger partial charge in [0.25, 0.3) is 0 Å². The highest BCUT2D eigenvalue weighted by Crippen LogP contribution is 2.40. The number of hydrogen-bond donors (Lipinski definition) is 1. The summed E-state index contributed by atoms with van der Waals surface area (Å²) in [6.07, 6.45) is 7.79. The quantitative estimate of drug-likeness (QED) is 0.719. The Balaban J connectivity index is 1.85. The molecule has 82 valence electrons. The van der Waals surface area contributed by atoms with Gasteiger partial charge in [0, 0.05) is 0 Å². The molecule has 0 saturated heterocycles. The van der Waals surface area contributed by atoms with Gasteiger partial charge in [-0.05, 0) is 49.4 Å². The van der Waals surface area contributed by atoms with Gasteiger partial charge < -0.3 is 5.11 Å². The van der Waals surface area contributed by atoms with Crippen LogP contribution < -0.4 is 0 Å². The molecule has 0 aromatic carbocycles. The number of hydrogen-bond acceptors (Lipinski definition) is 1. The molecule has 0 bridgehead atoms. The smallest absolute Gasteiger partial charge is 0.0596 e. The summed E-state index contributed by atoms with van der Waals surface area (Å²) in [4.78, 5) is 0. The van der Waals surface area contributed by atoms with Crippen molar-refractivity contribution in [3.8, 4) is 0 Å². The first-order valence-corrected chi connectivity index (χ1v) is 6.36. The number of rotatable bonds is 2. The largest absolute Gasteiger partial charge is 0.393 e. The second-order valence-electron chi connectivity index (χ2n) is 5.71. The minimum absolute atomic E-state index is 0.0266. The van der Waals surface area contributed by atoms with Crippen LogP contribution in [0.3, 0.4) is 0 Å². The van der Waals surface area contributed by atoms with Gasteiger partial charge in [0.15, 0.2) is 0 Å². The Labute approximate surface area is 87.9 Å². The van der Waals surface area contributed by atoms with E-state index in [1.54, 1.807) is 0 Å².